The number of sulfonamides is 1. The second-order valence-electron chi connectivity index (χ2n) is 11.5. The first kappa shape index (κ1) is 32.6. The summed E-state index contributed by atoms with van der Waals surface area (Å²) < 4.78 is 27.6. The van der Waals surface area contributed by atoms with Crippen LogP contribution in [-0.2, 0) is 27.8 Å². The van der Waals surface area contributed by atoms with Crippen molar-refractivity contribution in [1.82, 2.24) is 14.1 Å². The lowest BCUT2D eigenvalue weighted by atomic mass is 10.0. The number of nitrogens with zero attached hydrogens (tertiary/aromatic N) is 3. The van der Waals surface area contributed by atoms with Crippen molar-refractivity contribution in [3.8, 4) is 0 Å². The Hall–Kier alpha value is -2.91. The highest BCUT2D eigenvalue weighted by molar-refractivity contribution is 7.89. The summed E-state index contributed by atoms with van der Waals surface area (Å²) >= 11 is 0. The average molecular weight is 585 g/mol. The third kappa shape index (κ3) is 9.57. The largest absolute Gasteiger partial charge is 0.334 e. The normalized spacial score (nSPS) is 14.5. The van der Waals surface area contributed by atoms with Crippen LogP contribution >= 0.6 is 0 Å². The predicted molar refractivity (Wildman–Crippen MR) is 166 cm³/mol. The number of aryl methyl sites for hydroxylation is 2. The first-order chi connectivity index (χ1) is 19.5. The molecule has 0 atom stereocenters. The summed E-state index contributed by atoms with van der Waals surface area (Å²) in [6, 6.07) is 15.6. The Labute approximate surface area is 247 Å². The number of likely N-dealkylation sites (tertiary alicyclic amines) is 1. The van der Waals surface area contributed by atoms with E-state index in [4.69, 9.17) is 0 Å². The number of benzene rings is 2. The van der Waals surface area contributed by atoms with Crippen molar-refractivity contribution >= 4 is 27.6 Å². The van der Waals surface area contributed by atoms with Crippen molar-refractivity contribution in [2.75, 3.05) is 37.2 Å². The summed E-state index contributed by atoms with van der Waals surface area (Å²) in [5.74, 6) is 0.174. The fourth-order valence-corrected chi connectivity index (χ4v) is 6.61. The SMILES string of the molecule is CCCS(=O)(=O)N(CCC(C)C)CC(=O)N(Cc1ccccc1C)C1CCN(C(=O)Nc2ccc(CC)cc2)CC1. The van der Waals surface area contributed by atoms with Gasteiger partial charge in [0.15, 0.2) is 0 Å². The van der Waals surface area contributed by atoms with Crippen molar-refractivity contribution in [1.29, 1.82) is 0 Å². The molecule has 1 aliphatic rings. The predicted octanol–water partition coefficient (Wildman–Crippen LogP) is 5.67. The van der Waals surface area contributed by atoms with Crippen LogP contribution in [0.4, 0.5) is 10.5 Å². The summed E-state index contributed by atoms with van der Waals surface area (Å²) in [5, 5.41) is 2.99. The van der Waals surface area contributed by atoms with Gasteiger partial charge in [-0.25, -0.2) is 13.2 Å². The number of piperidine rings is 1. The smallest absolute Gasteiger partial charge is 0.321 e. The van der Waals surface area contributed by atoms with Crippen LogP contribution in [0, 0.1) is 12.8 Å². The van der Waals surface area contributed by atoms with Gasteiger partial charge < -0.3 is 15.1 Å². The molecule has 9 heteroatoms. The van der Waals surface area contributed by atoms with Gasteiger partial charge in [-0.05, 0) is 73.8 Å². The zero-order valence-electron chi connectivity index (χ0n) is 25.4. The van der Waals surface area contributed by atoms with Crippen LogP contribution in [0.5, 0.6) is 0 Å². The Bertz CT molecular complexity index is 1240. The lowest BCUT2D eigenvalue weighted by Gasteiger charge is -2.39. The first-order valence-corrected chi connectivity index (χ1v) is 16.6. The average Bonchev–Trinajstić information content (AvgIpc) is 2.95. The van der Waals surface area contributed by atoms with E-state index in [1.165, 1.54) is 9.87 Å². The van der Waals surface area contributed by atoms with E-state index in [2.05, 4.69) is 26.1 Å². The number of carbonyl (C=O) groups excluding carboxylic acids is 2. The lowest BCUT2D eigenvalue weighted by molar-refractivity contribution is -0.135. The molecule has 0 bridgehead atoms. The Kier molecular flexibility index (Phi) is 12.2. The number of anilines is 1. The van der Waals surface area contributed by atoms with Gasteiger partial charge in [-0.3, -0.25) is 4.79 Å². The lowest BCUT2D eigenvalue weighted by Crippen LogP contribution is -2.52. The molecule has 3 rings (SSSR count). The monoisotopic (exact) mass is 584 g/mol. The third-order valence-electron chi connectivity index (χ3n) is 7.85. The molecular formula is C32H48N4O4S. The van der Waals surface area contributed by atoms with E-state index in [9.17, 15) is 18.0 Å². The molecule has 0 aliphatic carbocycles. The molecule has 2 aromatic rings. The Morgan fingerprint density at radius 1 is 1.02 bits per heavy atom. The molecular weight excluding hydrogens is 536 g/mol. The molecule has 0 unspecified atom stereocenters. The Morgan fingerprint density at radius 3 is 2.27 bits per heavy atom. The number of rotatable bonds is 13. The van der Waals surface area contributed by atoms with E-state index in [-0.39, 0.29) is 30.3 Å². The number of hydrogen-bond donors (Lipinski definition) is 1. The minimum absolute atomic E-state index is 0.0326. The van der Waals surface area contributed by atoms with E-state index in [1.807, 2.05) is 67.3 Å². The second kappa shape index (κ2) is 15.4. The van der Waals surface area contributed by atoms with Crippen LogP contribution in [0.25, 0.3) is 0 Å². The first-order valence-electron chi connectivity index (χ1n) is 15.0. The molecule has 0 saturated carbocycles. The highest BCUT2D eigenvalue weighted by Crippen LogP contribution is 2.23. The second-order valence-corrected chi connectivity index (χ2v) is 13.6. The van der Waals surface area contributed by atoms with Crippen molar-refractivity contribution in [3.63, 3.8) is 0 Å². The molecule has 3 amide bonds. The molecule has 0 radical (unpaired) electrons. The van der Waals surface area contributed by atoms with Gasteiger partial charge in [-0.15, -0.1) is 0 Å². The van der Waals surface area contributed by atoms with Crippen LogP contribution in [0.3, 0.4) is 0 Å². The number of hydrogen-bond acceptors (Lipinski definition) is 4. The minimum Gasteiger partial charge on any atom is -0.334 e. The fourth-order valence-electron chi connectivity index (χ4n) is 5.15. The number of amides is 3. The quantitative estimate of drug-likeness (QED) is 0.329. The van der Waals surface area contributed by atoms with E-state index in [1.54, 1.807) is 4.90 Å². The van der Waals surface area contributed by atoms with Gasteiger partial charge in [0.05, 0.1) is 12.3 Å². The summed E-state index contributed by atoms with van der Waals surface area (Å²) in [7, 11) is -3.54. The summed E-state index contributed by atoms with van der Waals surface area (Å²) in [5.41, 5.74) is 4.11. The molecule has 8 nitrogen and oxygen atoms in total. The molecule has 1 saturated heterocycles. The molecule has 226 valence electrons. The molecule has 41 heavy (non-hydrogen) atoms. The highest BCUT2D eigenvalue weighted by Gasteiger charge is 2.33. The maximum absolute atomic E-state index is 13.9. The van der Waals surface area contributed by atoms with Gasteiger partial charge in [0, 0.05) is 37.9 Å². The summed E-state index contributed by atoms with van der Waals surface area (Å²) in [6.45, 7) is 11.7. The molecule has 1 heterocycles. The number of nitrogens with one attached hydrogen (secondary N) is 1. The zero-order chi connectivity index (χ0) is 30.0. The van der Waals surface area contributed by atoms with E-state index < -0.39 is 10.0 Å². The minimum atomic E-state index is -3.54. The van der Waals surface area contributed by atoms with E-state index in [0.717, 1.165) is 23.2 Å². The molecule has 0 spiro atoms. The van der Waals surface area contributed by atoms with Gasteiger partial charge in [-0.1, -0.05) is 64.1 Å². The number of carbonyl (C=O) groups is 2. The standard InChI is InChI=1S/C32H48N4O4S/c1-6-22-41(39,40)35(21-16-25(3)4)24-31(37)36(23-28-11-9-8-10-26(28)5)30-17-19-34(20-18-30)32(38)33-29-14-12-27(7-2)13-15-29/h8-15,25,30H,6-7,16-24H2,1-5H3,(H,33,38). The van der Waals surface area contributed by atoms with Gasteiger partial charge in [0.2, 0.25) is 15.9 Å². The van der Waals surface area contributed by atoms with Gasteiger partial charge in [0.1, 0.15) is 0 Å². The topological polar surface area (TPSA) is 90.0 Å². The molecule has 1 aliphatic heterocycles. The summed E-state index contributed by atoms with van der Waals surface area (Å²) in [4.78, 5) is 30.5. The summed E-state index contributed by atoms with van der Waals surface area (Å²) in [6.07, 6.45) is 3.41. The van der Waals surface area contributed by atoms with Gasteiger partial charge in [-0.2, -0.15) is 4.31 Å². The molecule has 1 N–H and O–H groups in total. The zero-order valence-corrected chi connectivity index (χ0v) is 26.3. The molecule has 1 fully saturated rings. The molecule has 2 aromatic carbocycles. The van der Waals surface area contributed by atoms with Crippen LogP contribution in [0.1, 0.15) is 70.1 Å². The Morgan fingerprint density at radius 2 is 1.68 bits per heavy atom. The van der Waals surface area contributed by atoms with Crippen LogP contribution < -0.4 is 5.32 Å². The highest BCUT2D eigenvalue weighted by atomic mass is 32.2. The number of urea groups is 1. The van der Waals surface area contributed by atoms with Crippen LogP contribution in [0.15, 0.2) is 48.5 Å². The van der Waals surface area contributed by atoms with Crippen LogP contribution in [-0.4, -0.2) is 72.4 Å². The van der Waals surface area contributed by atoms with Gasteiger partial charge >= 0.3 is 6.03 Å². The Balaban J connectivity index is 1.74. The maximum atomic E-state index is 13.9. The van der Waals surface area contributed by atoms with Gasteiger partial charge in [0.25, 0.3) is 0 Å². The van der Waals surface area contributed by atoms with E-state index >= 15 is 0 Å². The molecule has 0 aromatic heterocycles. The van der Waals surface area contributed by atoms with Crippen molar-refractivity contribution in [2.24, 2.45) is 5.92 Å². The van der Waals surface area contributed by atoms with Crippen molar-refractivity contribution in [2.45, 2.75) is 79.3 Å². The van der Waals surface area contributed by atoms with E-state index in [0.29, 0.717) is 57.8 Å². The van der Waals surface area contributed by atoms with Crippen LogP contribution in [0.2, 0.25) is 0 Å². The third-order valence-corrected chi connectivity index (χ3v) is 9.87. The fraction of sp³-hybridized carbons (Fsp3) is 0.562. The maximum Gasteiger partial charge on any atom is 0.321 e. The van der Waals surface area contributed by atoms with Crippen molar-refractivity contribution < 1.29 is 18.0 Å². The van der Waals surface area contributed by atoms with Crippen molar-refractivity contribution in [3.05, 3.63) is 65.2 Å².